The second-order valence-electron chi connectivity index (χ2n) is 8.27. The van der Waals surface area contributed by atoms with Gasteiger partial charge in [0.05, 0.1) is 0 Å². The molecule has 1 aromatic heterocycles. The molecule has 8 nitrogen and oxygen atoms in total. The second-order valence-corrected chi connectivity index (χ2v) is 8.27. The molecule has 4 atom stereocenters. The lowest BCUT2D eigenvalue weighted by Gasteiger charge is -2.31. The van der Waals surface area contributed by atoms with Gasteiger partial charge in [0.1, 0.15) is 6.04 Å². The van der Waals surface area contributed by atoms with E-state index in [4.69, 9.17) is 10.5 Å². The third kappa shape index (κ3) is 4.38. The van der Waals surface area contributed by atoms with Crippen molar-refractivity contribution in [1.29, 1.82) is 0 Å². The van der Waals surface area contributed by atoms with Crippen molar-refractivity contribution in [3.63, 3.8) is 0 Å². The molecule has 8 heteroatoms. The first-order valence-electron chi connectivity index (χ1n) is 10.5. The molecular weight excluding hydrogens is 396 g/mol. The van der Waals surface area contributed by atoms with Crippen LogP contribution >= 0.6 is 0 Å². The number of pyridine rings is 1. The molecule has 0 unspecified atom stereocenters. The number of carbonyl (C=O) groups excluding carboxylic acids is 3. The molecule has 162 valence electrons. The van der Waals surface area contributed by atoms with E-state index in [2.05, 4.69) is 4.98 Å². The standard InChI is InChI=1S/C23H26N4O4/c1-15-11-18-7-8-19(27(18)22(29)20(12-15)31-23(24)30)21(28)26-10-3-2-5-17(14-26)16-6-4-9-25-13-16/h2-6,9-10,13-15,18-20H,7-8,11-12H2,1H3,(H2,24,30)/t15-,18+,19-,20-/m0/s1. The van der Waals surface area contributed by atoms with E-state index in [9.17, 15) is 14.4 Å². The van der Waals surface area contributed by atoms with Gasteiger partial charge < -0.3 is 15.4 Å². The molecule has 3 aliphatic heterocycles. The Morgan fingerprint density at radius 3 is 2.81 bits per heavy atom. The largest absolute Gasteiger partial charge is 0.436 e. The smallest absolute Gasteiger partial charge is 0.405 e. The second kappa shape index (κ2) is 8.75. The quantitative estimate of drug-likeness (QED) is 0.806. The van der Waals surface area contributed by atoms with E-state index in [1.165, 1.54) is 4.90 Å². The molecule has 1 aromatic rings. The van der Waals surface area contributed by atoms with E-state index in [1.54, 1.807) is 35.8 Å². The highest BCUT2D eigenvalue weighted by Gasteiger charge is 2.47. The van der Waals surface area contributed by atoms with Gasteiger partial charge in [-0.05, 0) is 49.3 Å². The maximum absolute atomic E-state index is 13.5. The molecule has 0 saturated carbocycles. The summed E-state index contributed by atoms with van der Waals surface area (Å²) < 4.78 is 5.11. The Labute approximate surface area is 181 Å². The van der Waals surface area contributed by atoms with Gasteiger partial charge in [-0.2, -0.15) is 0 Å². The number of rotatable bonds is 3. The van der Waals surface area contributed by atoms with Crippen LogP contribution in [0.2, 0.25) is 0 Å². The predicted molar refractivity (Wildman–Crippen MR) is 114 cm³/mol. The fourth-order valence-electron chi connectivity index (χ4n) is 4.67. The summed E-state index contributed by atoms with van der Waals surface area (Å²) in [6, 6.07) is 3.10. The van der Waals surface area contributed by atoms with Gasteiger partial charge in [-0.3, -0.25) is 19.5 Å². The van der Waals surface area contributed by atoms with Gasteiger partial charge in [-0.15, -0.1) is 0 Å². The Morgan fingerprint density at radius 1 is 1.23 bits per heavy atom. The number of primary amides is 1. The van der Waals surface area contributed by atoms with Crippen molar-refractivity contribution in [1.82, 2.24) is 14.8 Å². The molecule has 0 aliphatic carbocycles. The number of aromatic nitrogens is 1. The van der Waals surface area contributed by atoms with Crippen LogP contribution in [-0.2, 0) is 14.3 Å². The summed E-state index contributed by atoms with van der Waals surface area (Å²) in [6.07, 6.45) is 13.0. The highest BCUT2D eigenvalue weighted by molar-refractivity contribution is 5.93. The normalized spacial score (nSPS) is 27.9. The molecule has 2 N–H and O–H groups in total. The lowest BCUT2D eigenvalue weighted by atomic mass is 9.97. The van der Waals surface area contributed by atoms with E-state index in [1.807, 2.05) is 31.2 Å². The Balaban J connectivity index is 1.60. The number of hydrogen-bond donors (Lipinski definition) is 1. The van der Waals surface area contributed by atoms with Crippen LogP contribution in [-0.4, -0.2) is 50.9 Å². The molecule has 0 bridgehead atoms. The van der Waals surface area contributed by atoms with Crippen molar-refractivity contribution < 1.29 is 19.1 Å². The van der Waals surface area contributed by atoms with Crippen molar-refractivity contribution in [2.45, 2.75) is 50.8 Å². The Kier molecular flexibility index (Phi) is 5.88. The molecule has 31 heavy (non-hydrogen) atoms. The molecule has 4 heterocycles. The SMILES string of the molecule is C[C@H]1C[C@H]2CC[C@@H](C(=O)N3C=CC=CC(c4cccnc4)=C3)N2C(=O)[C@@H](OC(N)=O)C1. The maximum atomic E-state index is 13.5. The van der Waals surface area contributed by atoms with Gasteiger partial charge in [-0.25, -0.2) is 4.79 Å². The zero-order valence-corrected chi connectivity index (χ0v) is 17.4. The summed E-state index contributed by atoms with van der Waals surface area (Å²) in [5.74, 6) is -0.349. The summed E-state index contributed by atoms with van der Waals surface area (Å²) in [7, 11) is 0. The van der Waals surface area contributed by atoms with Gasteiger partial charge >= 0.3 is 6.09 Å². The number of nitrogens with zero attached hydrogens (tertiary/aromatic N) is 3. The number of ether oxygens (including phenoxy) is 1. The number of hydrogen-bond acceptors (Lipinski definition) is 5. The number of allylic oxidation sites excluding steroid dienone is 4. The Hall–Kier alpha value is -3.42. The van der Waals surface area contributed by atoms with Crippen LogP contribution in [0.15, 0.2) is 55.2 Å². The van der Waals surface area contributed by atoms with Crippen molar-refractivity contribution in [2.75, 3.05) is 0 Å². The first kappa shape index (κ1) is 20.8. The summed E-state index contributed by atoms with van der Waals surface area (Å²) in [5.41, 5.74) is 6.91. The molecule has 3 aliphatic rings. The third-order valence-electron chi connectivity index (χ3n) is 6.03. The first-order valence-corrected chi connectivity index (χ1v) is 10.5. The van der Waals surface area contributed by atoms with E-state index >= 15 is 0 Å². The highest BCUT2D eigenvalue weighted by Crippen LogP contribution is 2.36. The monoisotopic (exact) mass is 422 g/mol. The molecule has 4 rings (SSSR count). The van der Waals surface area contributed by atoms with Crippen molar-refractivity contribution in [3.8, 4) is 0 Å². The Morgan fingerprint density at radius 2 is 2.06 bits per heavy atom. The molecular formula is C23H26N4O4. The molecule has 2 saturated heterocycles. The summed E-state index contributed by atoms with van der Waals surface area (Å²) in [4.78, 5) is 45.4. The predicted octanol–water partition coefficient (Wildman–Crippen LogP) is 2.59. The fraction of sp³-hybridized carbons (Fsp3) is 0.391. The van der Waals surface area contributed by atoms with E-state index in [-0.39, 0.29) is 23.8 Å². The number of amides is 3. The lowest BCUT2D eigenvalue weighted by Crippen LogP contribution is -2.51. The molecule has 0 aromatic carbocycles. The number of nitrogens with two attached hydrogens (primary N) is 1. The number of carbonyl (C=O) groups is 3. The summed E-state index contributed by atoms with van der Waals surface area (Å²) >= 11 is 0. The van der Waals surface area contributed by atoms with E-state index in [0.29, 0.717) is 12.8 Å². The van der Waals surface area contributed by atoms with Crippen LogP contribution in [0.1, 0.15) is 38.2 Å². The van der Waals surface area contributed by atoms with Crippen molar-refractivity contribution in [2.24, 2.45) is 11.7 Å². The maximum Gasteiger partial charge on any atom is 0.405 e. The summed E-state index contributed by atoms with van der Waals surface area (Å²) in [6.45, 7) is 2.02. The minimum absolute atomic E-state index is 0.0474. The third-order valence-corrected chi connectivity index (χ3v) is 6.03. The van der Waals surface area contributed by atoms with Gasteiger partial charge in [0.25, 0.3) is 11.8 Å². The Bertz CT molecular complexity index is 956. The zero-order chi connectivity index (χ0) is 22.0. The highest BCUT2D eigenvalue weighted by atomic mass is 16.6. The van der Waals surface area contributed by atoms with E-state index < -0.39 is 18.2 Å². The minimum Gasteiger partial charge on any atom is -0.436 e. The number of fused-ring (bicyclic) bond motifs is 1. The van der Waals surface area contributed by atoms with E-state index in [0.717, 1.165) is 24.0 Å². The van der Waals surface area contributed by atoms with Crippen LogP contribution < -0.4 is 5.73 Å². The van der Waals surface area contributed by atoms with Gasteiger partial charge in [0, 0.05) is 36.4 Å². The minimum atomic E-state index is -0.975. The molecule has 2 fully saturated rings. The molecule has 0 radical (unpaired) electrons. The zero-order valence-electron chi connectivity index (χ0n) is 17.4. The van der Waals surface area contributed by atoms with Crippen LogP contribution in [0, 0.1) is 5.92 Å². The average Bonchev–Trinajstić information content (AvgIpc) is 2.93. The molecule has 3 amide bonds. The average molecular weight is 422 g/mol. The van der Waals surface area contributed by atoms with Crippen LogP contribution in [0.5, 0.6) is 0 Å². The van der Waals surface area contributed by atoms with Crippen LogP contribution in [0.4, 0.5) is 4.79 Å². The summed E-state index contributed by atoms with van der Waals surface area (Å²) in [5, 5.41) is 0. The van der Waals surface area contributed by atoms with Crippen LogP contribution in [0.3, 0.4) is 0 Å². The van der Waals surface area contributed by atoms with Gasteiger partial charge in [0.2, 0.25) is 0 Å². The topological polar surface area (TPSA) is 106 Å². The fourth-order valence-corrected chi connectivity index (χ4v) is 4.67. The van der Waals surface area contributed by atoms with Gasteiger partial charge in [0.15, 0.2) is 6.10 Å². The lowest BCUT2D eigenvalue weighted by molar-refractivity contribution is -0.148. The van der Waals surface area contributed by atoms with Crippen LogP contribution in [0.25, 0.3) is 5.57 Å². The van der Waals surface area contributed by atoms with Gasteiger partial charge in [-0.1, -0.05) is 25.1 Å². The van der Waals surface area contributed by atoms with Crippen molar-refractivity contribution in [3.05, 3.63) is 60.7 Å². The molecule has 0 spiro atoms. The van der Waals surface area contributed by atoms with Crippen molar-refractivity contribution >= 4 is 23.5 Å². The first-order chi connectivity index (χ1) is 14.9.